The van der Waals surface area contributed by atoms with Crippen molar-refractivity contribution in [3.63, 3.8) is 0 Å². The Balaban J connectivity index is -0.0000000200. The molecular formula is C2H5BrMgS. The molecule has 0 aliphatic carbocycles. The van der Waals surface area contributed by atoms with Crippen molar-refractivity contribution in [1.82, 2.24) is 0 Å². The van der Waals surface area contributed by atoms with Gasteiger partial charge < -0.3 is 29.6 Å². The molecule has 5 heavy (non-hydrogen) atoms. The van der Waals surface area contributed by atoms with Gasteiger partial charge in [-0.05, 0) is 0 Å². The van der Waals surface area contributed by atoms with Crippen LogP contribution in [0.15, 0.2) is 0 Å². The van der Waals surface area contributed by atoms with Gasteiger partial charge in [0.25, 0.3) is 0 Å². The largest absolute Gasteiger partial charge is 2.00 e. The molecule has 0 aromatic rings. The Morgan fingerprint density at radius 3 is 1.60 bits per heavy atom. The van der Waals surface area contributed by atoms with Gasteiger partial charge in [-0.3, -0.25) is 0 Å². The maximum Gasteiger partial charge on any atom is 2.00 e. The second-order valence-corrected chi connectivity index (χ2v) is 0.866. The molecule has 0 fully saturated rings. The van der Waals surface area contributed by atoms with Gasteiger partial charge in [-0.2, -0.15) is 5.75 Å². The molecule has 3 heteroatoms. The summed E-state index contributed by atoms with van der Waals surface area (Å²) in [5, 5.41) is 0. The second kappa shape index (κ2) is 17.5. The molecule has 0 rings (SSSR count). The molecule has 0 N–H and O–H groups in total. The first-order valence-corrected chi connectivity index (χ1v) is 1.57. The summed E-state index contributed by atoms with van der Waals surface area (Å²) >= 11 is 4.39. The fourth-order valence-corrected chi connectivity index (χ4v) is 0. The quantitative estimate of drug-likeness (QED) is 0.276. The van der Waals surface area contributed by atoms with Crippen molar-refractivity contribution >= 4 is 35.7 Å². The molecule has 28 valence electrons. The van der Waals surface area contributed by atoms with Crippen LogP contribution in [0.4, 0.5) is 0 Å². The standard InChI is InChI=1S/C2H6S.BrH.Mg/c1-2-3;;/h3H,2H2,1H3;1H;/q;;+2/p-2. The van der Waals surface area contributed by atoms with E-state index < -0.39 is 0 Å². The Kier molecular flexibility index (Phi) is 56.0. The van der Waals surface area contributed by atoms with Gasteiger partial charge >= 0.3 is 23.1 Å². The third kappa shape index (κ3) is 28.4. The van der Waals surface area contributed by atoms with Gasteiger partial charge in [-0.25, -0.2) is 0 Å². The van der Waals surface area contributed by atoms with Crippen LogP contribution in [0.1, 0.15) is 6.92 Å². The number of rotatable bonds is 0. The van der Waals surface area contributed by atoms with Gasteiger partial charge in [0.2, 0.25) is 0 Å². The minimum Gasteiger partial charge on any atom is -1.00 e. The summed E-state index contributed by atoms with van der Waals surface area (Å²) in [4.78, 5) is 0. The van der Waals surface area contributed by atoms with E-state index >= 15 is 0 Å². The third-order valence-corrected chi connectivity index (χ3v) is 0. The number of hydrogen-bond acceptors (Lipinski definition) is 1. The van der Waals surface area contributed by atoms with Crippen LogP contribution in [0.25, 0.3) is 0 Å². The fraction of sp³-hybridized carbons (Fsp3) is 1.00. The average molecular weight is 165 g/mol. The fourth-order valence-electron chi connectivity index (χ4n) is 0. The second-order valence-electron chi connectivity index (χ2n) is 0.289. The molecule has 0 atom stereocenters. The average Bonchev–Trinajstić information content (AvgIpc) is 0.918. The first kappa shape index (κ1) is 16.0. The van der Waals surface area contributed by atoms with E-state index in [0.29, 0.717) is 0 Å². The summed E-state index contributed by atoms with van der Waals surface area (Å²) in [5.41, 5.74) is 0. The first-order chi connectivity index (χ1) is 1.41. The Morgan fingerprint density at radius 2 is 1.60 bits per heavy atom. The molecule has 0 unspecified atom stereocenters. The number of hydrogen-bond donors (Lipinski definition) is 0. The third-order valence-electron chi connectivity index (χ3n) is 0. The van der Waals surface area contributed by atoms with Crippen molar-refractivity contribution in [2.75, 3.05) is 5.75 Å². The summed E-state index contributed by atoms with van der Waals surface area (Å²) in [7, 11) is 0. The zero-order valence-corrected chi connectivity index (χ0v) is 7.02. The molecule has 0 amide bonds. The van der Waals surface area contributed by atoms with Crippen LogP contribution in [0.2, 0.25) is 0 Å². The maximum absolute atomic E-state index is 4.39. The van der Waals surface area contributed by atoms with E-state index in [2.05, 4.69) is 12.6 Å². The van der Waals surface area contributed by atoms with Gasteiger partial charge in [-0.1, -0.05) is 6.92 Å². The summed E-state index contributed by atoms with van der Waals surface area (Å²) in [6.45, 7) is 1.94. The van der Waals surface area contributed by atoms with Crippen molar-refractivity contribution in [2.24, 2.45) is 0 Å². The Morgan fingerprint density at radius 1 is 1.60 bits per heavy atom. The Hall–Kier alpha value is 1.60. The molecule has 0 nitrogen and oxygen atoms in total. The van der Waals surface area contributed by atoms with Crippen molar-refractivity contribution in [3.8, 4) is 0 Å². The van der Waals surface area contributed by atoms with Gasteiger partial charge in [0.1, 0.15) is 0 Å². The predicted octanol–water partition coefficient (Wildman–Crippen LogP) is -2.82. The van der Waals surface area contributed by atoms with E-state index in [9.17, 15) is 0 Å². The van der Waals surface area contributed by atoms with Gasteiger partial charge in [0.05, 0.1) is 0 Å². The normalized spacial score (nSPS) is 3.60. The molecule has 0 saturated heterocycles. The van der Waals surface area contributed by atoms with Crippen molar-refractivity contribution in [2.45, 2.75) is 6.92 Å². The van der Waals surface area contributed by atoms with Gasteiger partial charge in [0.15, 0.2) is 0 Å². The minimum absolute atomic E-state index is 0. The molecule has 0 radical (unpaired) electrons. The molecular weight excluding hydrogens is 160 g/mol. The Bertz CT molecular complexity index is 9.61. The molecule has 0 heterocycles. The molecule has 0 spiro atoms. The van der Waals surface area contributed by atoms with Gasteiger partial charge in [-0.15, -0.1) is 0 Å². The molecule has 0 aliphatic heterocycles. The maximum atomic E-state index is 4.39. The van der Waals surface area contributed by atoms with E-state index in [1.165, 1.54) is 0 Å². The SMILES string of the molecule is CC[S-].[Br-].[Mg+2]. The summed E-state index contributed by atoms with van der Waals surface area (Å²) in [6, 6.07) is 0. The van der Waals surface area contributed by atoms with Crippen LogP contribution < -0.4 is 17.0 Å². The van der Waals surface area contributed by atoms with Crippen molar-refractivity contribution in [1.29, 1.82) is 0 Å². The van der Waals surface area contributed by atoms with E-state index in [1.54, 1.807) is 0 Å². The molecule has 0 aromatic heterocycles. The zero-order chi connectivity index (χ0) is 2.71. The molecule has 0 saturated carbocycles. The van der Waals surface area contributed by atoms with E-state index in [-0.39, 0.29) is 40.0 Å². The van der Waals surface area contributed by atoms with Gasteiger partial charge in [0, 0.05) is 0 Å². The van der Waals surface area contributed by atoms with Crippen LogP contribution in [0, 0.1) is 0 Å². The minimum atomic E-state index is 0. The van der Waals surface area contributed by atoms with Crippen LogP contribution in [0.3, 0.4) is 0 Å². The van der Waals surface area contributed by atoms with Crippen LogP contribution in [-0.4, -0.2) is 28.8 Å². The van der Waals surface area contributed by atoms with Crippen LogP contribution in [-0.2, 0) is 12.6 Å². The van der Waals surface area contributed by atoms with E-state index in [0.717, 1.165) is 5.75 Å². The molecule has 0 bridgehead atoms. The smallest absolute Gasteiger partial charge is 1.00 e. The van der Waals surface area contributed by atoms with E-state index in [1.807, 2.05) is 6.92 Å². The van der Waals surface area contributed by atoms with Crippen LogP contribution >= 0.6 is 0 Å². The summed E-state index contributed by atoms with van der Waals surface area (Å²) in [5.74, 6) is 0.833. The summed E-state index contributed by atoms with van der Waals surface area (Å²) in [6.07, 6.45) is 0. The predicted molar refractivity (Wildman–Crippen MR) is 23.7 cm³/mol. The topological polar surface area (TPSA) is 0 Å². The number of halogens is 1. The van der Waals surface area contributed by atoms with Crippen molar-refractivity contribution in [3.05, 3.63) is 0 Å². The monoisotopic (exact) mass is 164 g/mol. The molecule has 0 aromatic carbocycles. The zero-order valence-electron chi connectivity index (χ0n) is 3.20. The Labute approximate surface area is 65.0 Å². The van der Waals surface area contributed by atoms with E-state index in [4.69, 9.17) is 0 Å². The van der Waals surface area contributed by atoms with Crippen LogP contribution in [0.5, 0.6) is 0 Å². The first-order valence-electron chi connectivity index (χ1n) is 0.996. The van der Waals surface area contributed by atoms with Crippen molar-refractivity contribution < 1.29 is 17.0 Å². The molecule has 0 aliphatic rings. The summed E-state index contributed by atoms with van der Waals surface area (Å²) < 4.78 is 0.